The topological polar surface area (TPSA) is 46.3 Å². The fraction of sp³-hybridized carbons (Fsp3) is 0.917. The molecule has 6 heteroatoms. The lowest BCUT2D eigenvalue weighted by molar-refractivity contribution is -0.185. The minimum atomic E-state index is -4.11. The molecule has 0 aromatic heterocycles. The molecule has 1 saturated carbocycles. The Morgan fingerprint density at radius 1 is 1.11 bits per heavy atom. The second-order valence-corrected chi connectivity index (χ2v) is 5.42. The maximum absolute atomic E-state index is 12.5. The van der Waals surface area contributed by atoms with E-state index in [9.17, 15) is 18.0 Å². The lowest BCUT2D eigenvalue weighted by Crippen LogP contribution is -2.39. The van der Waals surface area contributed by atoms with Crippen molar-refractivity contribution < 1.29 is 18.0 Å². The van der Waals surface area contributed by atoms with E-state index < -0.39 is 12.1 Å². The molecule has 2 N–H and O–H groups in total. The zero-order valence-electron chi connectivity index (χ0n) is 10.2. The molecular weight excluding hydrogens is 245 g/mol. The first-order valence-corrected chi connectivity index (χ1v) is 6.49. The summed E-state index contributed by atoms with van der Waals surface area (Å²) in [7, 11) is 0. The van der Waals surface area contributed by atoms with E-state index in [-0.39, 0.29) is 30.7 Å². The van der Waals surface area contributed by atoms with Crippen molar-refractivity contribution in [2.45, 2.75) is 44.3 Å². The van der Waals surface area contributed by atoms with E-state index in [1.54, 1.807) is 4.90 Å². The predicted molar refractivity (Wildman–Crippen MR) is 60.7 cm³/mol. The first kappa shape index (κ1) is 13.6. The number of alkyl halides is 3. The Morgan fingerprint density at radius 2 is 1.72 bits per heavy atom. The number of amides is 1. The predicted octanol–water partition coefficient (Wildman–Crippen LogP) is 1.91. The maximum Gasteiger partial charge on any atom is 0.391 e. The van der Waals surface area contributed by atoms with Crippen molar-refractivity contribution in [2.24, 2.45) is 17.6 Å². The van der Waals surface area contributed by atoms with Crippen molar-refractivity contribution in [3.05, 3.63) is 0 Å². The molecule has 1 aliphatic carbocycles. The monoisotopic (exact) mass is 264 g/mol. The van der Waals surface area contributed by atoms with Crippen LogP contribution in [0.2, 0.25) is 0 Å². The molecule has 1 amide bonds. The van der Waals surface area contributed by atoms with E-state index in [1.165, 1.54) is 0 Å². The number of carbonyl (C=O) groups excluding carboxylic acids is 1. The summed E-state index contributed by atoms with van der Waals surface area (Å²) in [5.74, 6) is -1.44. The molecule has 0 radical (unpaired) electrons. The minimum Gasteiger partial charge on any atom is -0.341 e. The van der Waals surface area contributed by atoms with Crippen molar-refractivity contribution in [3.8, 4) is 0 Å². The number of nitrogens with zero attached hydrogens (tertiary/aromatic N) is 1. The summed E-state index contributed by atoms with van der Waals surface area (Å²) in [6.45, 7) is 1.21. The summed E-state index contributed by atoms with van der Waals surface area (Å²) in [5, 5.41) is 0. The third kappa shape index (κ3) is 2.96. The standard InChI is InChI=1S/C12H19F3N2O/c13-12(14,15)9-3-1-8(2-4-9)11(18)17-6-5-10(16)7-17/h8-10H,1-7,16H2. The van der Waals surface area contributed by atoms with Gasteiger partial charge in [-0.1, -0.05) is 0 Å². The van der Waals surface area contributed by atoms with Gasteiger partial charge in [0.15, 0.2) is 0 Å². The van der Waals surface area contributed by atoms with Crippen LogP contribution in [0.1, 0.15) is 32.1 Å². The van der Waals surface area contributed by atoms with E-state index in [4.69, 9.17) is 5.73 Å². The highest BCUT2D eigenvalue weighted by Crippen LogP contribution is 2.40. The number of hydrogen-bond acceptors (Lipinski definition) is 2. The molecule has 1 aliphatic heterocycles. The number of rotatable bonds is 1. The van der Waals surface area contributed by atoms with E-state index in [0.717, 1.165) is 6.42 Å². The Balaban J connectivity index is 1.84. The highest BCUT2D eigenvalue weighted by atomic mass is 19.4. The van der Waals surface area contributed by atoms with Gasteiger partial charge in [-0.15, -0.1) is 0 Å². The van der Waals surface area contributed by atoms with Gasteiger partial charge in [0.05, 0.1) is 5.92 Å². The Hall–Kier alpha value is -0.780. The van der Waals surface area contributed by atoms with E-state index in [2.05, 4.69) is 0 Å². The van der Waals surface area contributed by atoms with E-state index in [1.807, 2.05) is 0 Å². The van der Waals surface area contributed by atoms with Gasteiger partial charge in [-0.2, -0.15) is 13.2 Å². The third-order valence-corrected chi connectivity index (χ3v) is 4.08. The quantitative estimate of drug-likeness (QED) is 0.786. The average molecular weight is 264 g/mol. The van der Waals surface area contributed by atoms with Gasteiger partial charge in [-0.25, -0.2) is 0 Å². The number of nitrogens with two attached hydrogens (primary N) is 1. The fourth-order valence-electron chi connectivity index (χ4n) is 2.91. The smallest absolute Gasteiger partial charge is 0.341 e. The van der Waals surface area contributed by atoms with Crippen LogP contribution in [-0.2, 0) is 4.79 Å². The lowest BCUT2D eigenvalue weighted by atomic mass is 9.81. The minimum absolute atomic E-state index is 0.00331. The van der Waals surface area contributed by atoms with Crippen LogP contribution in [0.5, 0.6) is 0 Å². The molecule has 1 saturated heterocycles. The first-order chi connectivity index (χ1) is 8.38. The molecule has 0 aromatic carbocycles. The Morgan fingerprint density at radius 3 is 2.17 bits per heavy atom. The first-order valence-electron chi connectivity index (χ1n) is 6.49. The molecule has 2 rings (SSSR count). The van der Waals surface area contributed by atoms with Gasteiger partial charge in [-0.3, -0.25) is 4.79 Å². The normalized spacial score (nSPS) is 33.8. The molecule has 1 atom stereocenters. The Bertz CT molecular complexity index is 311. The van der Waals surface area contributed by atoms with Crippen molar-refractivity contribution >= 4 is 5.91 Å². The van der Waals surface area contributed by atoms with Gasteiger partial charge in [0, 0.05) is 25.0 Å². The molecule has 2 fully saturated rings. The summed E-state index contributed by atoms with van der Waals surface area (Å²) in [6.07, 6.45) is -2.43. The molecule has 2 aliphatic rings. The van der Waals surface area contributed by atoms with Crippen molar-refractivity contribution in [1.29, 1.82) is 0 Å². The second kappa shape index (κ2) is 5.07. The van der Waals surface area contributed by atoms with Gasteiger partial charge in [-0.05, 0) is 32.1 Å². The zero-order chi connectivity index (χ0) is 13.3. The van der Waals surface area contributed by atoms with Gasteiger partial charge in [0.25, 0.3) is 0 Å². The molecule has 1 heterocycles. The molecule has 0 aromatic rings. The molecule has 3 nitrogen and oxygen atoms in total. The summed E-state index contributed by atoms with van der Waals surface area (Å²) in [4.78, 5) is 13.8. The highest BCUT2D eigenvalue weighted by molar-refractivity contribution is 5.79. The van der Waals surface area contributed by atoms with Gasteiger partial charge < -0.3 is 10.6 Å². The second-order valence-electron chi connectivity index (χ2n) is 5.42. The third-order valence-electron chi connectivity index (χ3n) is 4.08. The molecule has 0 spiro atoms. The zero-order valence-corrected chi connectivity index (χ0v) is 10.2. The van der Waals surface area contributed by atoms with Crippen LogP contribution in [0.15, 0.2) is 0 Å². The number of carbonyl (C=O) groups is 1. The number of likely N-dealkylation sites (tertiary alicyclic amines) is 1. The molecule has 104 valence electrons. The maximum atomic E-state index is 12.5. The Labute approximate surface area is 104 Å². The van der Waals surface area contributed by atoms with Crippen LogP contribution in [-0.4, -0.2) is 36.1 Å². The van der Waals surface area contributed by atoms with Gasteiger partial charge >= 0.3 is 6.18 Å². The summed E-state index contributed by atoms with van der Waals surface area (Å²) in [5.41, 5.74) is 5.73. The van der Waals surface area contributed by atoms with Crippen molar-refractivity contribution in [2.75, 3.05) is 13.1 Å². The van der Waals surface area contributed by atoms with Crippen LogP contribution in [0.4, 0.5) is 13.2 Å². The summed E-state index contributed by atoms with van der Waals surface area (Å²) >= 11 is 0. The SMILES string of the molecule is NC1CCN(C(=O)C2CCC(C(F)(F)F)CC2)C1. The molecule has 0 bridgehead atoms. The van der Waals surface area contributed by atoms with Crippen LogP contribution in [0.3, 0.4) is 0 Å². The van der Waals surface area contributed by atoms with Crippen LogP contribution >= 0.6 is 0 Å². The fourth-order valence-corrected chi connectivity index (χ4v) is 2.91. The Kier molecular flexibility index (Phi) is 3.84. The largest absolute Gasteiger partial charge is 0.391 e. The van der Waals surface area contributed by atoms with Crippen molar-refractivity contribution in [1.82, 2.24) is 4.90 Å². The summed E-state index contributed by atoms with van der Waals surface area (Å²) in [6, 6.07) is 0.0282. The van der Waals surface area contributed by atoms with Gasteiger partial charge in [0.2, 0.25) is 5.91 Å². The average Bonchev–Trinajstić information content (AvgIpc) is 2.74. The highest BCUT2D eigenvalue weighted by Gasteiger charge is 2.43. The van der Waals surface area contributed by atoms with E-state index >= 15 is 0 Å². The van der Waals surface area contributed by atoms with Crippen LogP contribution < -0.4 is 5.73 Å². The summed E-state index contributed by atoms with van der Waals surface area (Å²) < 4.78 is 37.5. The van der Waals surface area contributed by atoms with Crippen LogP contribution in [0, 0.1) is 11.8 Å². The number of halogens is 3. The van der Waals surface area contributed by atoms with Crippen LogP contribution in [0.25, 0.3) is 0 Å². The van der Waals surface area contributed by atoms with Gasteiger partial charge in [0.1, 0.15) is 0 Å². The molecule has 1 unspecified atom stereocenters. The molecule has 18 heavy (non-hydrogen) atoms. The van der Waals surface area contributed by atoms with E-state index in [0.29, 0.717) is 25.9 Å². The molecular formula is C12H19F3N2O. The lowest BCUT2D eigenvalue weighted by Gasteiger charge is -2.31. The van der Waals surface area contributed by atoms with Crippen molar-refractivity contribution in [3.63, 3.8) is 0 Å². The number of hydrogen-bond donors (Lipinski definition) is 1.